The molecule has 0 aliphatic carbocycles. The van der Waals surface area contributed by atoms with Crippen LogP contribution in [0.3, 0.4) is 0 Å². The van der Waals surface area contributed by atoms with Crippen LogP contribution < -0.4 is 11.5 Å². The molecule has 5 nitrogen and oxygen atoms in total. The van der Waals surface area contributed by atoms with Crippen molar-refractivity contribution in [1.82, 2.24) is 0 Å². The minimum absolute atomic E-state index is 0.228. The van der Waals surface area contributed by atoms with Gasteiger partial charge in [-0.2, -0.15) is 0 Å². The lowest BCUT2D eigenvalue weighted by molar-refractivity contribution is -0.182. The van der Waals surface area contributed by atoms with Crippen LogP contribution in [0.1, 0.15) is 38.4 Å². The van der Waals surface area contributed by atoms with Crippen molar-refractivity contribution in [2.45, 2.75) is 44.7 Å². The molecular formula is C16H24N2O3. The van der Waals surface area contributed by atoms with Gasteiger partial charge in [-0.1, -0.05) is 26.5 Å². The summed E-state index contributed by atoms with van der Waals surface area (Å²) >= 11 is 0. The van der Waals surface area contributed by atoms with Gasteiger partial charge in [0.25, 0.3) is 0 Å². The molecule has 1 aromatic rings. The van der Waals surface area contributed by atoms with Gasteiger partial charge in [0, 0.05) is 16.9 Å². The van der Waals surface area contributed by atoms with Crippen LogP contribution >= 0.6 is 0 Å². The molecule has 1 heterocycles. The van der Waals surface area contributed by atoms with Crippen molar-refractivity contribution in [3.05, 3.63) is 36.6 Å². The Morgan fingerprint density at radius 1 is 1.29 bits per heavy atom. The minimum Gasteiger partial charge on any atom is -0.499 e. The Labute approximate surface area is 125 Å². The Hall–Kier alpha value is -1.72. The molecule has 1 aliphatic rings. The van der Waals surface area contributed by atoms with Crippen molar-refractivity contribution in [3.8, 4) is 0 Å². The van der Waals surface area contributed by atoms with Crippen molar-refractivity contribution >= 4 is 11.4 Å². The Bertz CT molecular complexity index is 500. The van der Waals surface area contributed by atoms with E-state index in [2.05, 4.69) is 6.58 Å². The summed E-state index contributed by atoms with van der Waals surface area (Å²) in [5, 5.41) is 0. The summed E-state index contributed by atoms with van der Waals surface area (Å²) in [4.78, 5) is 0. The molecule has 0 aromatic heterocycles. The number of hydrogen-bond acceptors (Lipinski definition) is 5. The first-order chi connectivity index (χ1) is 10.0. The summed E-state index contributed by atoms with van der Waals surface area (Å²) in [7, 11) is 0. The second kappa shape index (κ2) is 6.37. The Balaban J connectivity index is 2.30. The maximum Gasteiger partial charge on any atom is 0.169 e. The SMILES string of the molecule is C=COC[C@@H]1OC(CC)(CC)O[C@H]1c1ccc(N)cc1N. The van der Waals surface area contributed by atoms with Crippen LogP contribution in [0.25, 0.3) is 0 Å². The third-order valence-electron chi connectivity index (χ3n) is 3.92. The van der Waals surface area contributed by atoms with Crippen LogP contribution in [0.4, 0.5) is 11.4 Å². The molecule has 5 heteroatoms. The molecule has 1 aromatic carbocycles. The van der Waals surface area contributed by atoms with E-state index in [1.54, 1.807) is 6.07 Å². The monoisotopic (exact) mass is 292 g/mol. The average molecular weight is 292 g/mol. The summed E-state index contributed by atoms with van der Waals surface area (Å²) < 4.78 is 17.6. The lowest BCUT2D eigenvalue weighted by Gasteiger charge is -2.25. The molecule has 0 unspecified atom stereocenters. The zero-order valence-electron chi connectivity index (χ0n) is 12.7. The molecule has 0 radical (unpaired) electrons. The smallest absolute Gasteiger partial charge is 0.169 e. The van der Waals surface area contributed by atoms with Crippen LogP contribution in [-0.2, 0) is 14.2 Å². The van der Waals surface area contributed by atoms with Crippen LogP contribution in [-0.4, -0.2) is 18.5 Å². The zero-order chi connectivity index (χ0) is 15.5. The normalized spacial score (nSPS) is 23.9. The standard InChI is InChI=1S/C16H24N2O3/c1-4-16(5-2)20-14(10-19-6-3)15(21-16)12-8-7-11(17)9-13(12)18/h6-9,14-15H,3-5,10,17-18H2,1-2H3/t14-,15-/m0/s1. The highest BCUT2D eigenvalue weighted by molar-refractivity contribution is 5.57. The predicted octanol–water partition coefficient (Wildman–Crippen LogP) is 2.98. The quantitative estimate of drug-likeness (QED) is 0.622. The van der Waals surface area contributed by atoms with Crippen LogP contribution in [0.2, 0.25) is 0 Å². The van der Waals surface area contributed by atoms with E-state index in [-0.39, 0.29) is 12.2 Å². The molecule has 0 spiro atoms. The van der Waals surface area contributed by atoms with Gasteiger partial charge < -0.3 is 25.7 Å². The summed E-state index contributed by atoms with van der Waals surface area (Å²) in [6.07, 6.45) is 2.43. The highest BCUT2D eigenvalue weighted by Gasteiger charge is 2.46. The molecule has 1 aliphatic heterocycles. The van der Waals surface area contributed by atoms with Gasteiger partial charge in [-0.15, -0.1) is 0 Å². The maximum absolute atomic E-state index is 6.21. The van der Waals surface area contributed by atoms with Gasteiger partial charge >= 0.3 is 0 Å². The number of nitrogen functional groups attached to an aromatic ring is 2. The van der Waals surface area contributed by atoms with Gasteiger partial charge in [0.1, 0.15) is 18.8 Å². The van der Waals surface area contributed by atoms with Gasteiger partial charge in [-0.25, -0.2) is 0 Å². The molecule has 1 fully saturated rings. The maximum atomic E-state index is 6.21. The zero-order valence-corrected chi connectivity index (χ0v) is 12.7. The number of anilines is 2. The first-order valence-electron chi connectivity index (χ1n) is 7.28. The third kappa shape index (κ3) is 3.14. The fourth-order valence-electron chi connectivity index (χ4n) is 2.66. The fraction of sp³-hybridized carbons (Fsp3) is 0.500. The summed E-state index contributed by atoms with van der Waals surface area (Å²) in [6.45, 7) is 8.03. The summed E-state index contributed by atoms with van der Waals surface area (Å²) in [5.41, 5.74) is 14.0. The number of benzene rings is 1. The first-order valence-corrected chi connectivity index (χ1v) is 7.28. The van der Waals surface area contributed by atoms with E-state index in [4.69, 9.17) is 25.7 Å². The Morgan fingerprint density at radius 3 is 2.57 bits per heavy atom. The van der Waals surface area contributed by atoms with Gasteiger partial charge in [0.2, 0.25) is 0 Å². The van der Waals surface area contributed by atoms with E-state index in [1.165, 1.54) is 6.26 Å². The second-order valence-corrected chi connectivity index (χ2v) is 5.20. The third-order valence-corrected chi connectivity index (χ3v) is 3.92. The van der Waals surface area contributed by atoms with E-state index in [0.717, 1.165) is 18.4 Å². The van der Waals surface area contributed by atoms with Gasteiger partial charge in [0.05, 0.1) is 6.26 Å². The van der Waals surface area contributed by atoms with Gasteiger partial charge in [0.15, 0.2) is 5.79 Å². The molecule has 2 rings (SSSR count). The Kier molecular flexibility index (Phi) is 4.75. The highest BCUT2D eigenvalue weighted by atomic mass is 16.8. The van der Waals surface area contributed by atoms with Crippen molar-refractivity contribution in [2.24, 2.45) is 0 Å². The molecule has 0 amide bonds. The minimum atomic E-state index is -0.590. The molecule has 2 atom stereocenters. The summed E-state index contributed by atoms with van der Waals surface area (Å²) in [6, 6.07) is 5.45. The first kappa shape index (κ1) is 15.7. The molecule has 4 N–H and O–H groups in total. The van der Waals surface area contributed by atoms with Crippen LogP contribution in [0, 0.1) is 0 Å². The summed E-state index contributed by atoms with van der Waals surface area (Å²) in [5.74, 6) is -0.590. The molecule has 0 bridgehead atoms. The van der Waals surface area contributed by atoms with Gasteiger partial charge in [-0.05, 0) is 25.0 Å². The molecular weight excluding hydrogens is 268 g/mol. The number of hydrogen-bond donors (Lipinski definition) is 2. The van der Waals surface area contributed by atoms with E-state index < -0.39 is 5.79 Å². The van der Waals surface area contributed by atoms with Crippen molar-refractivity contribution < 1.29 is 14.2 Å². The van der Waals surface area contributed by atoms with Crippen LogP contribution in [0.5, 0.6) is 0 Å². The van der Waals surface area contributed by atoms with Crippen molar-refractivity contribution in [1.29, 1.82) is 0 Å². The number of rotatable bonds is 6. The van der Waals surface area contributed by atoms with Crippen LogP contribution in [0.15, 0.2) is 31.0 Å². The lowest BCUT2D eigenvalue weighted by Crippen LogP contribution is -2.29. The lowest BCUT2D eigenvalue weighted by atomic mass is 10.0. The van der Waals surface area contributed by atoms with E-state index in [9.17, 15) is 0 Å². The number of nitrogens with two attached hydrogens (primary N) is 2. The largest absolute Gasteiger partial charge is 0.499 e. The second-order valence-electron chi connectivity index (χ2n) is 5.20. The molecule has 0 saturated carbocycles. The predicted molar refractivity (Wildman–Crippen MR) is 83.4 cm³/mol. The van der Waals surface area contributed by atoms with E-state index in [1.807, 2.05) is 26.0 Å². The molecule has 1 saturated heterocycles. The topological polar surface area (TPSA) is 79.7 Å². The Morgan fingerprint density at radius 2 is 2.00 bits per heavy atom. The molecule has 116 valence electrons. The van der Waals surface area contributed by atoms with Crippen molar-refractivity contribution in [2.75, 3.05) is 18.1 Å². The van der Waals surface area contributed by atoms with Crippen molar-refractivity contribution in [3.63, 3.8) is 0 Å². The number of ether oxygens (including phenoxy) is 3. The highest BCUT2D eigenvalue weighted by Crippen LogP contribution is 2.44. The van der Waals surface area contributed by atoms with E-state index in [0.29, 0.717) is 18.0 Å². The van der Waals surface area contributed by atoms with E-state index >= 15 is 0 Å². The van der Waals surface area contributed by atoms with Gasteiger partial charge in [-0.3, -0.25) is 0 Å². The fourth-order valence-corrected chi connectivity index (χ4v) is 2.66. The molecule has 21 heavy (non-hydrogen) atoms. The average Bonchev–Trinajstić information content (AvgIpc) is 2.85.